The standard InChI is InChI=1S/C24H16ClN9O/c25-21-17-3-1-13(10-19(17)32-22(21)24(35)31-16-5-8-27-28-12-16)23-26-7-6-20(33-23)30-15-2-4-18-14(9-15)11-29-34-18/h1-12,32H,(H,29,34)(H,26,30,33)(H,27,31,35). The predicted molar refractivity (Wildman–Crippen MR) is 134 cm³/mol. The molecule has 0 spiro atoms. The van der Waals surface area contributed by atoms with Gasteiger partial charge in [0.2, 0.25) is 0 Å². The number of anilines is 3. The summed E-state index contributed by atoms with van der Waals surface area (Å²) in [6.45, 7) is 0. The third-order valence-corrected chi connectivity index (χ3v) is 5.82. The van der Waals surface area contributed by atoms with Crippen molar-refractivity contribution in [2.45, 2.75) is 0 Å². The molecule has 0 radical (unpaired) electrons. The van der Waals surface area contributed by atoms with E-state index in [2.05, 4.69) is 46.0 Å². The molecule has 4 aromatic heterocycles. The Morgan fingerprint density at radius 1 is 0.914 bits per heavy atom. The van der Waals surface area contributed by atoms with Crippen molar-refractivity contribution in [2.75, 3.05) is 10.6 Å². The van der Waals surface area contributed by atoms with Crippen LogP contribution in [0.4, 0.5) is 17.2 Å². The summed E-state index contributed by atoms with van der Waals surface area (Å²) in [7, 11) is 0. The Labute approximate surface area is 202 Å². The number of carbonyl (C=O) groups excluding carboxylic acids is 1. The predicted octanol–water partition coefficient (Wildman–Crippen LogP) is 4.94. The van der Waals surface area contributed by atoms with Crippen molar-refractivity contribution in [3.8, 4) is 11.4 Å². The molecule has 0 saturated heterocycles. The average molecular weight is 482 g/mol. The first-order valence-electron chi connectivity index (χ1n) is 10.6. The number of nitrogens with zero attached hydrogens (tertiary/aromatic N) is 5. The molecule has 0 aliphatic heterocycles. The number of rotatable bonds is 5. The van der Waals surface area contributed by atoms with Gasteiger partial charge in [0.1, 0.15) is 11.5 Å². The van der Waals surface area contributed by atoms with Crippen molar-refractivity contribution in [1.82, 2.24) is 35.3 Å². The van der Waals surface area contributed by atoms with Crippen LogP contribution >= 0.6 is 11.6 Å². The number of hydrogen-bond donors (Lipinski definition) is 4. The highest BCUT2D eigenvalue weighted by Gasteiger charge is 2.18. The maximum absolute atomic E-state index is 12.7. The molecule has 0 unspecified atom stereocenters. The molecule has 10 nitrogen and oxygen atoms in total. The van der Waals surface area contributed by atoms with Crippen molar-refractivity contribution in [3.63, 3.8) is 0 Å². The minimum absolute atomic E-state index is 0.251. The molecule has 0 fully saturated rings. The number of hydrogen-bond acceptors (Lipinski definition) is 7. The Morgan fingerprint density at radius 2 is 1.86 bits per heavy atom. The Balaban J connectivity index is 1.28. The number of H-pyrrole nitrogens is 2. The number of carbonyl (C=O) groups is 1. The second-order valence-electron chi connectivity index (χ2n) is 7.72. The molecule has 35 heavy (non-hydrogen) atoms. The van der Waals surface area contributed by atoms with Crippen molar-refractivity contribution >= 4 is 56.5 Å². The molecule has 170 valence electrons. The van der Waals surface area contributed by atoms with Crippen LogP contribution in [0.5, 0.6) is 0 Å². The van der Waals surface area contributed by atoms with Crippen LogP contribution in [0.2, 0.25) is 5.02 Å². The van der Waals surface area contributed by atoms with Crippen LogP contribution < -0.4 is 10.6 Å². The van der Waals surface area contributed by atoms with Crippen LogP contribution in [0.1, 0.15) is 10.5 Å². The minimum atomic E-state index is -0.377. The maximum Gasteiger partial charge on any atom is 0.273 e. The summed E-state index contributed by atoms with van der Waals surface area (Å²) in [5.41, 5.74) is 4.08. The van der Waals surface area contributed by atoms with E-state index >= 15 is 0 Å². The summed E-state index contributed by atoms with van der Waals surface area (Å²) in [5, 5.41) is 22.5. The first-order valence-corrected chi connectivity index (χ1v) is 10.9. The minimum Gasteiger partial charge on any atom is -0.349 e. The first kappa shape index (κ1) is 20.8. The van der Waals surface area contributed by atoms with E-state index in [1.54, 1.807) is 24.5 Å². The number of nitrogens with one attached hydrogen (secondary N) is 4. The summed E-state index contributed by atoms with van der Waals surface area (Å²) < 4.78 is 0. The van der Waals surface area contributed by atoms with E-state index in [4.69, 9.17) is 11.6 Å². The molecular formula is C24H16ClN9O. The number of amides is 1. The van der Waals surface area contributed by atoms with Gasteiger partial charge in [0, 0.05) is 33.7 Å². The van der Waals surface area contributed by atoms with E-state index in [1.807, 2.05) is 36.4 Å². The second kappa shape index (κ2) is 8.50. The molecule has 6 aromatic rings. The summed E-state index contributed by atoms with van der Waals surface area (Å²) >= 11 is 6.50. The summed E-state index contributed by atoms with van der Waals surface area (Å²) in [6.07, 6.45) is 6.41. The summed E-state index contributed by atoms with van der Waals surface area (Å²) in [4.78, 5) is 24.9. The van der Waals surface area contributed by atoms with Gasteiger partial charge in [-0.15, -0.1) is 0 Å². The van der Waals surface area contributed by atoms with Crippen LogP contribution in [0.15, 0.2) is 73.3 Å². The Morgan fingerprint density at radius 3 is 2.74 bits per heavy atom. The molecule has 0 aliphatic rings. The third kappa shape index (κ3) is 4.02. The van der Waals surface area contributed by atoms with Crippen LogP contribution in [0.3, 0.4) is 0 Å². The van der Waals surface area contributed by atoms with Gasteiger partial charge >= 0.3 is 0 Å². The molecule has 0 atom stereocenters. The molecule has 0 bridgehead atoms. The molecule has 1 amide bonds. The van der Waals surface area contributed by atoms with Crippen LogP contribution in [0, 0.1) is 0 Å². The Bertz CT molecular complexity index is 1690. The zero-order chi connectivity index (χ0) is 23.8. The average Bonchev–Trinajstić information content (AvgIpc) is 3.48. The number of aromatic nitrogens is 7. The largest absolute Gasteiger partial charge is 0.349 e. The molecule has 4 N–H and O–H groups in total. The highest BCUT2D eigenvalue weighted by molar-refractivity contribution is 6.39. The molecule has 0 aliphatic carbocycles. The van der Waals surface area contributed by atoms with Crippen molar-refractivity contribution < 1.29 is 4.79 Å². The quantitative estimate of drug-likeness (QED) is 0.273. The zero-order valence-electron chi connectivity index (χ0n) is 18.0. The van der Waals surface area contributed by atoms with Gasteiger partial charge in [0.25, 0.3) is 5.91 Å². The summed E-state index contributed by atoms with van der Waals surface area (Å²) in [5.74, 6) is 0.798. The van der Waals surface area contributed by atoms with Crippen molar-refractivity contribution in [3.05, 3.63) is 84.0 Å². The second-order valence-corrected chi connectivity index (χ2v) is 8.10. The first-order chi connectivity index (χ1) is 17.1. The maximum atomic E-state index is 12.7. The molecule has 6 rings (SSSR count). The van der Waals surface area contributed by atoms with E-state index in [1.165, 1.54) is 12.4 Å². The van der Waals surface area contributed by atoms with Crippen molar-refractivity contribution in [1.29, 1.82) is 0 Å². The molecular weight excluding hydrogens is 466 g/mol. The Kier molecular flexibility index (Phi) is 5.04. The zero-order valence-corrected chi connectivity index (χ0v) is 18.7. The fourth-order valence-electron chi connectivity index (χ4n) is 3.75. The van der Waals surface area contributed by atoms with Gasteiger partial charge in [-0.05, 0) is 36.4 Å². The number of fused-ring (bicyclic) bond motifs is 2. The smallest absolute Gasteiger partial charge is 0.273 e. The van der Waals surface area contributed by atoms with Crippen molar-refractivity contribution in [2.24, 2.45) is 0 Å². The summed E-state index contributed by atoms with van der Waals surface area (Å²) in [6, 6.07) is 14.9. The lowest BCUT2D eigenvalue weighted by Gasteiger charge is -2.07. The van der Waals surface area contributed by atoms with Crippen LogP contribution in [-0.4, -0.2) is 41.3 Å². The van der Waals surface area contributed by atoms with Crippen LogP contribution in [-0.2, 0) is 0 Å². The SMILES string of the molecule is O=C(Nc1ccnnc1)c1[nH]c2cc(-c3nccc(Nc4ccc5[nH]ncc5c4)n3)ccc2c1Cl. The highest BCUT2D eigenvalue weighted by atomic mass is 35.5. The number of aromatic amines is 2. The van der Waals surface area contributed by atoms with Gasteiger partial charge in [0.05, 0.1) is 34.8 Å². The number of benzene rings is 2. The van der Waals surface area contributed by atoms with E-state index in [-0.39, 0.29) is 11.6 Å². The lowest BCUT2D eigenvalue weighted by Crippen LogP contribution is -2.13. The third-order valence-electron chi connectivity index (χ3n) is 5.43. The van der Waals surface area contributed by atoms with Crippen LogP contribution in [0.25, 0.3) is 33.2 Å². The number of halogens is 1. The molecule has 2 aromatic carbocycles. The molecule has 4 heterocycles. The van der Waals surface area contributed by atoms with E-state index in [0.29, 0.717) is 27.9 Å². The Hall–Kier alpha value is -4.83. The fourth-order valence-corrected chi connectivity index (χ4v) is 4.05. The molecule has 0 saturated carbocycles. The lowest BCUT2D eigenvalue weighted by molar-refractivity contribution is 0.102. The lowest BCUT2D eigenvalue weighted by atomic mass is 10.1. The van der Waals surface area contributed by atoms with E-state index in [0.717, 1.165) is 27.5 Å². The molecule has 11 heteroatoms. The van der Waals surface area contributed by atoms with Gasteiger partial charge < -0.3 is 15.6 Å². The fraction of sp³-hybridized carbons (Fsp3) is 0. The van der Waals surface area contributed by atoms with Gasteiger partial charge in [-0.2, -0.15) is 15.3 Å². The topological polar surface area (TPSA) is 137 Å². The van der Waals surface area contributed by atoms with Gasteiger partial charge in [-0.3, -0.25) is 9.89 Å². The highest BCUT2D eigenvalue weighted by Crippen LogP contribution is 2.31. The van der Waals surface area contributed by atoms with Gasteiger partial charge in [0.15, 0.2) is 5.82 Å². The van der Waals surface area contributed by atoms with E-state index < -0.39 is 0 Å². The normalized spacial score (nSPS) is 11.1. The monoisotopic (exact) mass is 481 g/mol. The van der Waals surface area contributed by atoms with Gasteiger partial charge in [-0.1, -0.05) is 23.7 Å². The van der Waals surface area contributed by atoms with E-state index in [9.17, 15) is 4.79 Å². The van der Waals surface area contributed by atoms with Gasteiger partial charge in [-0.25, -0.2) is 9.97 Å².